The molecule has 0 radical (unpaired) electrons. The van der Waals surface area contributed by atoms with Gasteiger partial charge in [-0.05, 0) is 19.1 Å². The van der Waals surface area contributed by atoms with Gasteiger partial charge in [-0.2, -0.15) is 0 Å². The van der Waals surface area contributed by atoms with Crippen LogP contribution in [0.1, 0.15) is 12.5 Å². The van der Waals surface area contributed by atoms with Gasteiger partial charge in [-0.25, -0.2) is 4.39 Å². The first-order chi connectivity index (χ1) is 6.77. The van der Waals surface area contributed by atoms with E-state index in [-0.39, 0.29) is 5.82 Å². The number of ether oxygens (including phenoxy) is 1. The second kappa shape index (κ2) is 5.66. The third-order valence-electron chi connectivity index (χ3n) is 1.67. The molecule has 0 saturated carbocycles. The van der Waals surface area contributed by atoms with Crippen LogP contribution in [0.5, 0.6) is 5.75 Å². The Kier molecular flexibility index (Phi) is 4.47. The molecule has 1 aromatic carbocycles. The molecule has 1 aromatic rings. The van der Waals surface area contributed by atoms with Crippen molar-refractivity contribution >= 4 is 17.7 Å². The second-order valence-corrected chi connectivity index (χ2v) is 2.98. The van der Waals surface area contributed by atoms with Crippen molar-refractivity contribution in [2.24, 2.45) is 0 Å². The van der Waals surface area contributed by atoms with E-state index in [0.717, 1.165) is 0 Å². The highest BCUT2D eigenvalue weighted by Gasteiger charge is 2.00. The number of alkyl halides is 1. The van der Waals surface area contributed by atoms with Crippen LogP contribution in [0.15, 0.2) is 24.3 Å². The van der Waals surface area contributed by atoms with Crippen LogP contribution < -0.4 is 4.74 Å². The maximum Gasteiger partial charge on any atom is 0.134 e. The molecule has 0 amide bonds. The smallest absolute Gasteiger partial charge is 0.134 e. The summed E-state index contributed by atoms with van der Waals surface area (Å²) >= 11 is 5.45. The zero-order chi connectivity index (χ0) is 10.4. The highest BCUT2D eigenvalue weighted by atomic mass is 35.5. The predicted octanol–water partition coefficient (Wildman–Crippen LogP) is 3.48. The topological polar surface area (TPSA) is 9.23 Å². The lowest BCUT2D eigenvalue weighted by atomic mass is 10.2. The Hall–Kier alpha value is -1.02. The summed E-state index contributed by atoms with van der Waals surface area (Å²) in [4.78, 5) is 0. The van der Waals surface area contributed by atoms with Crippen molar-refractivity contribution in [3.8, 4) is 5.75 Å². The van der Waals surface area contributed by atoms with E-state index >= 15 is 0 Å². The van der Waals surface area contributed by atoms with E-state index in [1.807, 2.05) is 6.92 Å². The standard InChI is InChI=1S/C11H12ClFO/c1-2-14-10-6-5-9(4-3-7-12)11(13)8-10/h3-6,8H,2,7H2,1H3. The highest BCUT2D eigenvalue weighted by Crippen LogP contribution is 2.17. The summed E-state index contributed by atoms with van der Waals surface area (Å²) in [5, 5.41) is 0. The highest BCUT2D eigenvalue weighted by molar-refractivity contribution is 6.19. The molecule has 3 heteroatoms. The Morgan fingerprint density at radius 1 is 1.50 bits per heavy atom. The van der Waals surface area contributed by atoms with Crippen LogP contribution in [0.3, 0.4) is 0 Å². The Morgan fingerprint density at radius 2 is 2.29 bits per heavy atom. The maximum atomic E-state index is 13.3. The van der Waals surface area contributed by atoms with Gasteiger partial charge in [0.1, 0.15) is 11.6 Å². The molecule has 14 heavy (non-hydrogen) atoms. The zero-order valence-electron chi connectivity index (χ0n) is 7.97. The van der Waals surface area contributed by atoms with Crippen molar-refractivity contribution in [2.75, 3.05) is 12.5 Å². The molecule has 0 aliphatic carbocycles. The first-order valence-corrected chi connectivity index (χ1v) is 4.96. The molecule has 76 valence electrons. The van der Waals surface area contributed by atoms with Crippen molar-refractivity contribution in [1.29, 1.82) is 0 Å². The summed E-state index contributed by atoms with van der Waals surface area (Å²) in [6.45, 7) is 2.40. The maximum absolute atomic E-state index is 13.3. The Labute approximate surface area is 88.1 Å². The van der Waals surface area contributed by atoms with Crippen LogP contribution in [0.2, 0.25) is 0 Å². The monoisotopic (exact) mass is 214 g/mol. The van der Waals surface area contributed by atoms with E-state index < -0.39 is 0 Å². The normalized spacial score (nSPS) is 10.8. The fraction of sp³-hybridized carbons (Fsp3) is 0.273. The molecule has 1 nitrogen and oxygen atoms in total. The van der Waals surface area contributed by atoms with Gasteiger partial charge >= 0.3 is 0 Å². The summed E-state index contributed by atoms with van der Waals surface area (Å²) < 4.78 is 18.5. The molecule has 1 rings (SSSR count). The van der Waals surface area contributed by atoms with Gasteiger partial charge in [0.05, 0.1) is 6.61 Å². The molecular formula is C11H12ClFO. The van der Waals surface area contributed by atoms with Crippen molar-refractivity contribution < 1.29 is 9.13 Å². The molecule has 0 bridgehead atoms. The van der Waals surface area contributed by atoms with E-state index in [4.69, 9.17) is 16.3 Å². The van der Waals surface area contributed by atoms with Gasteiger partial charge in [0.2, 0.25) is 0 Å². The summed E-state index contributed by atoms with van der Waals surface area (Å²) in [6, 6.07) is 4.78. The SMILES string of the molecule is CCOc1ccc(C=CCCl)c(F)c1. The summed E-state index contributed by atoms with van der Waals surface area (Å²) in [5.74, 6) is 0.637. The average molecular weight is 215 g/mol. The van der Waals surface area contributed by atoms with Gasteiger partial charge in [0.15, 0.2) is 0 Å². The molecule has 0 saturated heterocycles. The van der Waals surface area contributed by atoms with E-state index in [1.54, 1.807) is 24.3 Å². The van der Waals surface area contributed by atoms with Crippen molar-refractivity contribution in [2.45, 2.75) is 6.92 Å². The Morgan fingerprint density at radius 3 is 2.86 bits per heavy atom. The predicted molar refractivity (Wildman–Crippen MR) is 57.3 cm³/mol. The van der Waals surface area contributed by atoms with Gasteiger partial charge in [0, 0.05) is 17.5 Å². The first kappa shape index (κ1) is 11.1. The van der Waals surface area contributed by atoms with Crippen LogP contribution in [-0.2, 0) is 0 Å². The first-order valence-electron chi connectivity index (χ1n) is 4.42. The fourth-order valence-electron chi connectivity index (χ4n) is 1.07. The van der Waals surface area contributed by atoms with Crippen molar-refractivity contribution in [1.82, 2.24) is 0 Å². The molecule has 0 aliphatic rings. The zero-order valence-corrected chi connectivity index (χ0v) is 8.72. The molecule has 0 spiro atoms. The molecule has 0 heterocycles. The van der Waals surface area contributed by atoms with Gasteiger partial charge in [-0.3, -0.25) is 0 Å². The van der Waals surface area contributed by atoms with E-state index in [9.17, 15) is 4.39 Å². The molecule has 0 unspecified atom stereocenters. The summed E-state index contributed by atoms with van der Waals surface area (Å²) in [5.41, 5.74) is 0.522. The minimum Gasteiger partial charge on any atom is -0.494 e. The molecular weight excluding hydrogens is 203 g/mol. The molecule has 0 aliphatic heterocycles. The number of allylic oxidation sites excluding steroid dienone is 1. The van der Waals surface area contributed by atoms with Gasteiger partial charge in [0.25, 0.3) is 0 Å². The number of halogens is 2. The lowest BCUT2D eigenvalue weighted by Crippen LogP contribution is -1.92. The third kappa shape index (κ3) is 3.04. The van der Waals surface area contributed by atoms with Crippen LogP contribution in [0, 0.1) is 5.82 Å². The lowest BCUT2D eigenvalue weighted by Gasteiger charge is -2.03. The minimum absolute atomic E-state index is 0.294. The Bertz CT molecular complexity index is 323. The van der Waals surface area contributed by atoms with Crippen molar-refractivity contribution in [3.63, 3.8) is 0 Å². The number of rotatable bonds is 4. The summed E-state index contributed by atoms with van der Waals surface area (Å²) in [7, 11) is 0. The molecule has 0 N–H and O–H groups in total. The van der Waals surface area contributed by atoms with E-state index in [1.165, 1.54) is 6.07 Å². The lowest BCUT2D eigenvalue weighted by molar-refractivity contribution is 0.338. The van der Waals surface area contributed by atoms with Gasteiger partial charge in [-0.1, -0.05) is 12.2 Å². The minimum atomic E-state index is -0.294. The number of benzene rings is 1. The quantitative estimate of drug-likeness (QED) is 0.698. The largest absolute Gasteiger partial charge is 0.494 e. The molecule has 0 atom stereocenters. The van der Waals surface area contributed by atoms with Crippen LogP contribution in [-0.4, -0.2) is 12.5 Å². The summed E-state index contributed by atoms with van der Waals surface area (Å²) in [6.07, 6.45) is 3.35. The van der Waals surface area contributed by atoms with Crippen LogP contribution in [0.4, 0.5) is 4.39 Å². The van der Waals surface area contributed by atoms with Crippen molar-refractivity contribution in [3.05, 3.63) is 35.7 Å². The fourth-order valence-corrected chi connectivity index (χ4v) is 1.16. The molecule has 0 aromatic heterocycles. The average Bonchev–Trinajstić information content (AvgIpc) is 2.17. The van der Waals surface area contributed by atoms with Crippen LogP contribution >= 0.6 is 11.6 Å². The van der Waals surface area contributed by atoms with Crippen LogP contribution in [0.25, 0.3) is 6.08 Å². The van der Waals surface area contributed by atoms with Gasteiger partial charge < -0.3 is 4.74 Å². The second-order valence-electron chi connectivity index (χ2n) is 2.67. The number of hydrogen-bond donors (Lipinski definition) is 0. The third-order valence-corrected chi connectivity index (χ3v) is 1.85. The Balaban J connectivity index is 2.84. The molecule has 0 fully saturated rings. The van der Waals surface area contributed by atoms with E-state index in [0.29, 0.717) is 23.8 Å². The van der Waals surface area contributed by atoms with E-state index in [2.05, 4.69) is 0 Å². The van der Waals surface area contributed by atoms with Gasteiger partial charge in [-0.15, -0.1) is 11.6 Å². The number of hydrogen-bond acceptors (Lipinski definition) is 1.